The van der Waals surface area contributed by atoms with Gasteiger partial charge in [0.15, 0.2) is 8.32 Å². The zero-order valence-electron chi connectivity index (χ0n) is 23.2. The van der Waals surface area contributed by atoms with Gasteiger partial charge in [-0.3, -0.25) is 0 Å². The van der Waals surface area contributed by atoms with Crippen LogP contribution in [0, 0.1) is 5.92 Å². The molecule has 0 heterocycles. The van der Waals surface area contributed by atoms with Gasteiger partial charge in [0.25, 0.3) is 0 Å². The van der Waals surface area contributed by atoms with Gasteiger partial charge in [0.05, 0.1) is 19.4 Å². The zero-order chi connectivity index (χ0) is 26.3. The highest BCUT2D eigenvalue weighted by Crippen LogP contribution is 2.58. The van der Waals surface area contributed by atoms with E-state index in [4.69, 9.17) is 9.16 Å². The molecule has 0 spiro atoms. The van der Waals surface area contributed by atoms with E-state index in [2.05, 4.69) is 142 Å². The Kier molecular flexibility index (Phi) is 11.2. The van der Waals surface area contributed by atoms with E-state index >= 15 is 0 Å². The fraction of sp³-hybridized carbons (Fsp3) is 0.273. The van der Waals surface area contributed by atoms with Crippen molar-refractivity contribution in [3.05, 3.63) is 121 Å². The van der Waals surface area contributed by atoms with E-state index in [0.29, 0.717) is 5.92 Å². The van der Waals surface area contributed by atoms with Crippen molar-refractivity contribution in [2.45, 2.75) is 39.1 Å². The molecule has 0 aromatic heterocycles. The van der Waals surface area contributed by atoms with Crippen LogP contribution in [-0.2, 0) is 4.43 Å². The van der Waals surface area contributed by atoms with Crippen LogP contribution in [-0.4, -0.2) is 21.6 Å². The summed E-state index contributed by atoms with van der Waals surface area (Å²) in [6, 6.07) is 42.1. The third kappa shape index (κ3) is 7.15. The van der Waals surface area contributed by atoms with Crippen molar-refractivity contribution in [2.24, 2.45) is 5.92 Å². The Hall–Kier alpha value is -1.98. The molecule has 2 atom stereocenters. The third-order valence-electron chi connectivity index (χ3n) is 6.98. The molecule has 0 aliphatic heterocycles. The standard InChI is InChI=1S/C33H40O2PSi.HI/c1-6-27(33(35-37(3,4)5)28-22-24-29(34-2)25-23-28)26-36(30-16-10-7-11-17-30,31-18-12-8-13-19-31)32-20-14-9-15-21-32;/h7-25,27,33H,6,26H2,1-5H3;1H/q+1;/p-1. The van der Waals surface area contributed by atoms with E-state index in [1.807, 2.05) is 0 Å². The van der Waals surface area contributed by atoms with Gasteiger partial charge in [-0.2, -0.15) is 0 Å². The van der Waals surface area contributed by atoms with Crippen molar-refractivity contribution >= 4 is 31.5 Å². The Balaban J connectivity index is 0.00000400. The molecule has 0 amide bonds. The quantitative estimate of drug-likeness (QED) is 0.134. The lowest BCUT2D eigenvalue weighted by Crippen LogP contribution is -3.00. The largest absolute Gasteiger partial charge is 1.00 e. The van der Waals surface area contributed by atoms with Crippen molar-refractivity contribution in [1.29, 1.82) is 0 Å². The summed E-state index contributed by atoms with van der Waals surface area (Å²) in [6.45, 7) is 9.21. The first kappa shape index (κ1) is 30.6. The molecule has 0 aliphatic carbocycles. The second-order valence-corrected chi connectivity index (χ2v) is 18.6. The Bertz CT molecular complexity index is 1130. The average molecular weight is 655 g/mol. The molecular formula is C33H40IO2PSi. The van der Waals surface area contributed by atoms with Gasteiger partial charge in [-0.05, 0) is 80.2 Å². The molecule has 5 heteroatoms. The first-order chi connectivity index (χ1) is 17.9. The maximum absolute atomic E-state index is 7.02. The lowest BCUT2D eigenvalue weighted by Gasteiger charge is -2.37. The summed E-state index contributed by atoms with van der Waals surface area (Å²) in [6.07, 6.45) is 2.11. The highest BCUT2D eigenvalue weighted by Gasteiger charge is 2.48. The lowest BCUT2D eigenvalue weighted by atomic mass is 9.95. The van der Waals surface area contributed by atoms with E-state index in [1.54, 1.807) is 7.11 Å². The normalized spacial score (nSPS) is 13.3. The van der Waals surface area contributed by atoms with E-state index < -0.39 is 15.6 Å². The van der Waals surface area contributed by atoms with Crippen LogP contribution < -0.4 is 44.6 Å². The number of benzene rings is 4. The van der Waals surface area contributed by atoms with Crippen molar-refractivity contribution in [3.63, 3.8) is 0 Å². The smallest absolute Gasteiger partial charge is 0.184 e. The topological polar surface area (TPSA) is 18.5 Å². The van der Waals surface area contributed by atoms with Crippen LogP contribution in [0.25, 0.3) is 0 Å². The molecule has 2 nitrogen and oxygen atoms in total. The van der Waals surface area contributed by atoms with Crippen LogP contribution in [0.5, 0.6) is 5.75 Å². The molecule has 4 rings (SSSR count). The molecule has 0 N–H and O–H groups in total. The number of ether oxygens (including phenoxy) is 1. The molecule has 4 aromatic rings. The number of hydrogen-bond acceptors (Lipinski definition) is 2. The van der Waals surface area contributed by atoms with Crippen LogP contribution in [0.4, 0.5) is 0 Å². The molecule has 0 bridgehead atoms. The number of methoxy groups -OCH3 is 1. The predicted octanol–water partition coefficient (Wildman–Crippen LogP) is 4.61. The summed E-state index contributed by atoms with van der Waals surface area (Å²) in [5.74, 6) is 1.22. The predicted molar refractivity (Wildman–Crippen MR) is 164 cm³/mol. The Morgan fingerprint density at radius 3 is 1.42 bits per heavy atom. The third-order valence-corrected chi connectivity index (χ3v) is 12.5. The first-order valence-electron chi connectivity index (χ1n) is 13.2. The van der Waals surface area contributed by atoms with Crippen LogP contribution in [0.2, 0.25) is 19.6 Å². The molecule has 200 valence electrons. The van der Waals surface area contributed by atoms with E-state index in [1.165, 1.54) is 21.5 Å². The highest BCUT2D eigenvalue weighted by molar-refractivity contribution is 7.95. The second-order valence-electron chi connectivity index (χ2n) is 10.6. The summed E-state index contributed by atoms with van der Waals surface area (Å²) in [5, 5.41) is 4.27. The van der Waals surface area contributed by atoms with Crippen molar-refractivity contribution in [3.8, 4) is 5.75 Å². The minimum atomic E-state index is -1.97. The lowest BCUT2D eigenvalue weighted by molar-refractivity contribution is -0.00000954. The average Bonchev–Trinajstić information content (AvgIpc) is 2.94. The molecule has 0 fully saturated rings. The molecule has 0 radical (unpaired) electrons. The SMILES string of the molecule is CCC(C[P+](c1ccccc1)(c1ccccc1)c1ccccc1)C(O[Si](C)(C)C)c1ccc(OC)cc1.[I-]. The van der Waals surface area contributed by atoms with E-state index in [0.717, 1.165) is 18.3 Å². The van der Waals surface area contributed by atoms with Gasteiger partial charge in [-0.25, -0.2) is 0 Å². The molecule has 0 saturated carbocycles. The van der Waals surface area contributed by atoms with Gasteiger partial charge in [0.2, 0.25) is 0 Å². The van der Waals surface area contributed by atoms with Crippen molar-refractivity contribution in [2.75, 3.05) is 13.3 Å². The van der Waals surface area contributed by atoms with Crippen LogP contribution in [0.15, 0.2) is 115 Å². The van der Waals surface area contributed by atoms with Crippen LogP contribution in [0.3, 0.4) is 0 Å². The van der Waals surface area contributed by atoms with Gasteiger partial charge in [0, 0.05) is 5.92 Å². The summed E-state index contributed by atoms with van der Waals surface area (Å²) in [4.78, 5) is 0. The minimum absolute atomic E-state index is 0. The summed E-state index contributed by atoms with van der Waals surface area (Å²) >= 11 is 0. The maximum Gasteiger partial charge on any atom is 0.184 e. The van der Waals surface area contributed by atoms with Gasteiger partial charge in [0.1, 0.15) is 28.9 Å². The molecule has 0 aliphatic rings. The van der Waals surface area contributed by atoms with Crippen LogP contribution in [0.1, 0.15) is 25.0 Å². The first-order valence-corrected chi connectivity index (χ1v) is 18.6. The molecule has 2 unspecified atom stereocenters. The highest BCUT2D eigenvalue weighted by atomic mass is 127. The van der Waals surface area contributed by atoms with E-state index in [-0.39, 0.29) is 30.1 Å². The summed E-state index contributed by atoms with van der Waals surface area (Å²) < 4.78 is 12.5. The number of rotatable bonds is 11. The van der Waals surface area contributed by atoms with Gasteiger partial charge in [-0.15, -0.1) is 0 Å². The fourth-order valence-corrected chi connectivity index (χ4v) is 11.0. The zero-order valence-corrected chi connectivity index (χ0v) is 27.2. The number of halogens is 1. The van der Waals surface area contributed by atoms with Crippen LogP contribution >= 0.6 is 7.26 Å². The van der Waals surface area contributed by atoms with Gasteiger partial charge in [-0.1, -0.05) is 73.7 Å². The Morgan fingerprint density at radius 2 is 1.08 bits per heavy atom. The van der Waals surface area contributed by atoms with E-state index in [9.17, 15) is 0 Å². The molecular weight excluding hydrogens is 614 g/mol. The van der Waals surface area contributed by atoms with Gasteiger partial charge < -0.3 is 33.1 Å². The summed E-state index contributed by atoms with van der Waals surface area (Å²) in [7, 11) is -2.09. The number of hydrogen-bond donors (Lipinski definition) is 0. The molecule has 4 aromatic carbocycles. The Morgan fingerprint density at radius 1 is 0.658 bits per heavy atom. The Labute approximate surface area is 248 Å². The second kappa shape index (κ2) is 13.9. The monoisotopic (exact) mass is 654 g/mol. The van der Waals surface area contributed by atoms with Gasteiger partial charge >= 0.3 is 0 Å². The molecule has 38 heavy (non-hydrogen) atoms. The fourth-order valence-electron chi connectivity index (χ4n) is 5.21. The van der Waals surface area contributed by atoms with Crippen molar-refractivity contribution < 1.29 is 33.1 Å². The summed E-state index contributed by atoms with van der Waals surface area (Å²) in [5.41, 5.74) is 1.24. The molecule has 0 saturated heterocycles. The van der Waals surface area contributed by atoms with Crippen molar-refractivity contribution in [1.82, 2.24) is 0 Å². The maximum atomic E-state index is 7.02. The minimum Gasteiger partial charge on any atom is -1.00 e.